The summed E-state index contributed by atoms with van der Waals surface area (Å²) in [5.41, 5.74) is 3.52. The van der Waals surface area contributed by atoms with Crippen LogP contribution < -0.4 is 5.32 Å². The predicted molar refractivity (Wildman–Crippen MR) is 74.1 cm³/mol. The van der Waals surface area contributed by atoms with Crippen molar-refractivity contribution >= 4 is 21.6 Å². The van der Waals surface area contributed by atoms with Gasteiger partial charge in [0.25, 0.3) is 0 Å². The van der Waals surface area contributed by atoms with Gasteiger partial charge in [-0.05, 0) is 53.5 Å². The van der Waals surface area contributed by atoms with Crippen LogP contribution in [0.5, 0.6) is 0 Å². The smallest absolute Gasteiger partial charge is 0.0654 e. The van der Waals surface area contributed by atoms with Gasteiger partial charge in [0.2, 0.25) is 0 Å². The third-order valence-corrected chi connectivity index (χ3v) is 3.49. The van der Waals surface area contributed by atoms with Crippen LogP contribution in [0.15, 0.2) is 34.9 Å². The minimum atomic E-state index is 0.223. The molecule has 4 heteroatoms. The van der Waals surface area contributed by atoms with Gasteiger partial charge in [-0.15, -0.1) is 0 Å². The monoisotopic (exact) mass is 293 g/mol. The fraction of sp³-hybridized carbons (Fsp3) is 0.308. The van der Waals surface area contributed by atoms with Crippen LogP contribution in [0.4, 0.5) is 5.69 Å². The second-order valence-corrected chi connectivity index (χ2v) is 5.08. The zero-order chi connectivity index (χ0) is 12.4. The Balaban J connectivity index is 2.21. The Kier molecular flexibility index (Phi) is 3.52. The topological polar surface area (TPSA) is 29.9 Å². The van der Waals surface area contributed by atoms with E-state index in [1.165, 1.54) is 11.3 Å². The number of aromatic nitrogens is 2. The average Bonchev–Trinajstić information content (AvgIpc) is 2.70. The summed E-state index contributed by atoms with van der Waals surface area (Å²) >= 11 is 3.56. The van der Waals surface area contributed by atoms with E-state index in [1.54, 1.807) is 0 Å². The summed E-state index contributed by atoms with van der Waals surface area (Å²) in [6, 6.07) is 8.54. The van der Waals surface area contributed by atoms with Gasteiger partial charge >= 0.3 is 0 Å². The van der Waals surface area contributed by atoms with Crippen molar-refractivity contribution in [3.63, 3.8) is 0 Å². The van der Waals surface area contributed by atoms with Gasteiger partial charge in [0.1, 0.15) is 0 Å². The lowest BCUT2D eigenvalue weighted by atomic mass is 10.2. The fourth-order valence-electron chi connectivity index (χ4n) is 1.87. The first-order valence-electron chi connectivity index (χ1n) is 5.58. The molecule has 1 unspecified atom stereocenters. The molecule has 0 radical (unpaired) electrons. The second kappa shape index (κ2) is 4.92. The highest BCUT2D eigenvalue weighted by Gasteiger charge is 2.10. The van der Waals surface area contributed by atoms with Crippen molar-refractivity contribution in [1.82, 2.24) is 9.78 Å². The maximum absolute atomic E-state index is 4.18. The van der Waals surface area contributed by atoms with E-state index in [1.807, 2.05) is 24.0 Å². The second-order valence-electron chi connectivity index (χ2n) is 4.23. The SMILES string of the molecule is Cc1ccc(Br)c(NC(C)c2ccnn2C)c1. The highest BCUT2D eigenvalue weighted by molar-refractivity contribution is 9.10. The van der Waals surface area contributed by atoms with Crippen molar-refractivity contribution in [2.75, 3.05) is 5.32 Å². The summed E-state index contributed by atoms with van der Waals surface area (Å²) in [5.74, 6) is 0. The molecular weight excluding hydrogens is 278 g/mol. The molecule has 0 aliphatic rings. The number of hydrogen-bond acceptors (Lipinski definition) is 2. The summed E-state index contributed by atoms with van der Waals surface area (Å²) in [5, 5.41) is 7.67. The Bertz CT molecular complexity index is 519. The summed E-state index contributed by atoms with van der Waals surface area (Å²) in [7, 11) is 1.96. The lowest BCUT2D eigenvalue weighted by Crippen LogP contribution is -2.11. The minimum Gasteiger partial charge on any atom is -0.376 e. The molecule has 0 aliphatic heterocycles. The zero-order valence-corrected chi connectivity index (χ0v) is 11.8. The number of anilines is 1. The number of hydrogen-bond donors (Lipinski definition) is 1. The number of benzene rings is 1. The van der Waals surface area contributed by atoms with Gasteiger partial charge in [0, 0.05) is 23.4 Å². The van der Waals surface area contributed by atoms with E-state index >= 15 is 0 Å². The van der Waals surface area contributed by atoms with E-state index in [0.29, 0.717) is 0 Å². The first-order valence-corrected chi connectivity index (χ1v) is 6.38. The molecule has 17 heavy (non-hydrogen) atoms. The molecule has 0 amide bonds. The van der Waals surface area contributed by atoms with E-state index in [9.17, 15) is 0 Å². The first-order chi connectivity index (χ1) is 8.08. The van der Waals surface area contributed by atoms with Gasteiger partial charge in [-0.3, -0.25) is 4.68 Å². The molecule has 90 valence electrons. The van der Waals surface area contributed by atoms with Crippen molar-refractivity contribution in [2.24, 2.45) is 7.05 Å². The molecule has 1 heterocycles. The molecule has 1 aromatic carbocycles. The number of halogens is 1. The van der Waals surface area contributed by atoms with Crippen LogP contribution in [0, 0.1) is 6.92 Å². The molecule has 0 saturated heterocycles. The third kappa shape index (κ3) is 2.69. The van der Waals surface area contributed by atoms with Gasteiger partial charge in [-0.1, -0.05) is 6.07 Å². The maximum Gasteiger partial charge on any atom is 0.0654 e. The molecule has 1 aromatic heterocycles. The van der Waals surface area contributed by atoms with E-state index in [4.69, 9.17) is 0 Å². The minimum absolute atomic E-state index is 0.223. The first kappa shape index (κ1) is 12.2. The van der Waals surface area contributed by atoms with Gasteiger partial charge in [-0.2, -0.15) is 5.10 Å². The van der Waals surface area contributed by atoms with Gasteiger partial charge < -0.3 is 5.32 Å². The Morgan fingerprint density at radius 2 is 2.12 bits per heavy atom. The standard InChI is InChI=1S/C13H16BrN3/c1-9-4-5-11(14)12(8-9)16-10(2)13-6-7-15-17(13)3/h4-8,10,16H,1-3H3. The molecule has 1 atom stereocenters. The van der Waals surface area contributed by atoms with Gasteiger partial charge in [0.15, 0.2) is 0 Å². The Labute approximate surface area is 110 Å². The maximum atomic E-state index is 4.18. The van der Waals surface area contributed by atoms with Crippen molar-refractivity contribution in [1.29, 1.82) is 0 Å². The molecule has 2 aromatic rings. The molecule has 0 saturated carbocycles. The summed E-state index contributed by atoms with van der Waals surface area (Å²) < 4.78 is 2.97. The van der Waals surface area contributed by atoms with E-state index in [2.05, 4.69) is 58.4 Å². The van der Waals surface area contributed by atoms with Crippen LogP contribution in [0.25, 0.3) is 0 Å². The quantitative estimate of drug-likeness (QED) is 0.936. The fourth-order valence-corrected chi connectivity index (χ4v) is 2.23. The number of aryl methyl sites for hydroxylation is 2. The normalized spacial score (nSPS) is 12.5. The Morgan fingerprint density at radius 3 is 2.76 bits per heavy atom. The molecule has 0 aliphatic carbocycles. The highest BCUT2D eigenvalue weighted by atomic mass is 79.9. The van der Waals surface area contributed by atoms with Crippen molar-refractivity contribution in [3.05, 3.63) is 46.2 Å². The Hall–Kier alpha value is -1.29. The van der Waals surface area contributed by atoms with E-state index < -0.39 is 0 Å². The molecule has 3 nitrogen and oxygen atoms in total. The van der Waals surface area contributed by atoms with Crippen molar-refractivity contribution < 1.29 is 0 Å². The number of nitrogens with zero attached hydrogens (tertiary/aromatic N) is 2. The molecule has 1 N–H and O–H groups in total. The zero-order valence-electron chi connectivity index (χ0n) is 10.2. The lowest BCUT2D eigenvalue weighted by Gasteiger charge is -2.17. The highest BCUT2D eigenvalue weighted by Crippen LogP contribution is 2.27. The van der Waals surface area contributed by atoms with Crippen LogP contribution in [0.3, 0.4) is 0 Å². The average molecular weight is 294 g/mol. The Morgan fingerprint density at radius 1 is 1.35 bits per heavy atom. The van der Waals surface area contributed by atoms with Crippen LogP contribution in [-0.2, 0) is 7.05 Å². The van der Waals surface area contributed by atoms with E-state index in [-0.39, 0.29) is 6.04 Å². The van der Waals surface area contributed by atoms with Crippen LogP contribution in [-0.4, -0.2) is 9.78 Å². The van der Waals surface area contributed by atoms with Gasteiger partial charge in [-0.25, -0.2) is 0 Å². The lowest BCUT2D eigenvalue weighted by molar-refractivity contribution is 0.675. The summed E-state index contributed by atoms with van der Waals surface area (Å²) in [4.78, 5) is 0. The molecule has 0 bridgehead atoms. The molecule has 2 rings (SSSR count). The van der Waals surface area contributed by atoms with Gasteiger partial charge in [0.05, 0.1) is 11.7 Å². The molecule has 0 spiro atoms. The van der Waals surface area contributed by atoms with Crippen molar-refractivity contribution in [2.45, 2.75) is 19.9 Å². The third-order valence-electron chi connectivity index (χ3n) is 2.80. The largest absolute Gasteiger partial charge is 0.376 e. The van der Waals surface area contributed by atoms with Crippen molar-refractivity contribution in [3.8, 4) is 0 Å². The molecular formula is C13H16BrN3. The molecule has 0 fully saturated rings. The number of rotatable bonds is 3. The predicted octanol–water partition coefficient (Wildman–Crippen LogP) is 3.66. The summed E-state index contributed by atoms with van der Waals surface area (Å²) in [6.07, 6.45) is 1.82. The van der Waals surface area contributed by atoms with Crippen LogP contribution in [0.1, 0.15) is 24.2 Å². The number of nitrogens with one attached hydrogen (secondary N) is 1. The van der Waals surface area contributed by atoms with E-state index in [0.717, 1.165) is 10.2 Å². The van der Waals surface area contributed by atoms with Crippen LogP contribution in [0.2, 0.25) is 0 Å². The van der Waals surface area contributed by atoms with Crippen LogP contribution >= 0.6 is 15.9 Å². The summed E-state index contributed by atoms with van der Waals surface area (Å²) in [6.45, 7) is 4.22.